The van der Waals surface area contributed by atoms with Gasteiger partial charge < -0.3 is 9.73 Å². The van der Waals surface area contributed by atoms with Crippen LogP contribution >= 0.6 is 0 Å². The number of rotatable bonds is 8. The highest BCUT2D eigenvalue weighted by atomic mass is 16.3. The van der Waals surface area contributed by atoms with Gasteiger partial charge in [-0.1, -0.05) is 43.7 Å². The van der Waals surface area contributed by atoms with Crippen molar-refractivity contribution in [2.24, 2.45) is 5.10 Å². The Morgan fingerprint density at radius 3 is 2.64 bits per heavy atom. The zero-order valence-corrected chi connectivity index (χ0v) is 14.1. The van der Waals surface area contributed by atoms with Crippen molar-refractivity contribution in [2.45, 2.75) is 19.8 Å². The Balaban J connectivity index is 1.83. The highest BCUT2D eigenvalue weighted by molar-refractivity contribution is 6.01. The van der Waals surface area contributed by atoms with Gasteiger partial charge in [-0.05, 0) is 30.2 Å². The molecule has 25 heavy (non-hydrogen) atoms. The van der Waals surface area contributed by atoms with E-state index in [1.165, 1.54) is 18.4 Å². The summed E-state index contributed by atoms with van der Waals surface area (Å²) in [6, 6.07) is 13.1. The number of benzene rings is 1. The quantitative estimate of drug-likeness (QED) is 0.441. The summed E-state index contributed by atoms with van der Waals surface area (Å²) in [7, 11) is 0. The van der Waals surface area contributed by atoms with Gasteiger partial charge in [-0.2, -0.15) is 5.10 Å². The third-order valence-electron chi connectivity index (χ3n) is 3.27. The summed E-state index contributed by atoms with van der Waals surface area (Å²) in [5.74, 6) is -0.201. The zero-order valence-electron chi connectivity index (χ0n) is 14.1. The van der Waals surface area contributed by atoms with E-state index >= 15 is 0 Å². The lowest BCUT2D eigenvalue weighted by molar-refractivity contribution is -0.123. The van der Waals surface area contributed by atoms with Crippen LogP contribution in [0.15, 0.2) is 64.3 Å². The molecule has 6 nitrogen and oxygen atoms in total. The molecule has 0 saturated heterocycles. The van der Waals surface area contributed by atoms with Gasteiger partial charge in [0.05, 0.1) is 18.5 Å². The molecule has 0 fully saturated rings. The van der Waals surface area contributed by atoms with E-state index in [0.29, 0.717) is 5.76 Å². The number of hydrogen-bond acceptors (Lipinski definition) is 4. The van der Waals surface area contributed by atoms with E-state index in [9.17, 15) is 9.59 Å². The van der Waals surface area contributed by atoms with Gasteiger partial charge in [0.15, 0.2) is 0 Å². The molecular weight excluding hydrogens is 318 g/mol. The van der Waals surface area contributed by atoms with Crippen LogP contribution in [0, 0.1) is 0 Å². The van der Waals surface area contributed by atoms with Crippen molar-refractivity contribution < 1.29 is 14.0 Å². The molecule has 2 aromatic rings. The fourth-order valence-corrected chi connectivity index (χ4v) is 2.07. The van der Waals surface area contributed by atoms with E-state index in [1.54, 1.807) is 12.1 Å². The van der Waals surface area contributed by atoms with Gasteiger partial charge in [0.1, 0.15) is 5.76 Å². The largest absolute Gasteiger partial charge is 0.465 e. The van der Waals surface area contributed by atoms with Gasteiger partial charge in [-0.15, -0.1) is 0 Å². The molecule has 0 aliphatic rings. The molecule has 2 N–H and O–H groups in total. The Hall–Kier alpha value is -3.15. The first kappa shape index (κ1) is 18.2. The van der Waals surface area contributed by atoms with Gasteiger partial charge in [0.2, 0.25) is 5.91 Å². The van der Waals surface area contributed by atoms with Crippen molar-refractivity contribution in [1.29, 1.82) is 0 Å². The van der Waals surface area contributed by atoms with Crippen molar-refractivity contribution in [2.75, 3.05) is 6.54 Å². The summed E-state index contributed by atoms with van der Waals surface area (Å²) in [6.45, 7) is 1.89. The van der Waals surface area contributed by atoms with Crippen LogP contribution in [0.3, 0.4) is 0 Å². The highest BCUT2D eigenvalue weighted by Crippen LogP contribution is 2.06. The molecule has 0 unspecified atom stereocenters. The van der Waals surface area contributed by atoms with Crippen LogP contribution in [0.1, 0.15) is 31.1 Å². The van der Waals surface area contributed by atoms with Crippen molar-refractivity contribution in [3.8, 4) is 0 Å². The number of hydrazone groups is 1. The molecule has 0 aliphatic carbocycles. The predicted molar refractivity (Wildman–Crippen MR) is 96.8 cm³/mol. The monoisotopic (exact) mass is 339 g/mol. The van der Waals surface area contributed by atoms with Gasteiger partial charge in [0.25, 0.3) is 5.91 Å². The molecular formula is C19H21N3O3. The molecule has 0 bridgehead atoms. The second-order valence-electron chi connectivity index (χ2n) is 5.28. The molecule has 1 aromatic heterocycles. The molecule has 130 valence electrons. The summed E-state index contributed by atoms with van der Waals surface area (Å²) >= 11 is 0. The first-order valence-electron chi connectivity index (χ1n) is 8.09. The number of furan rings is 1. The van der Waals surface area contributed by atoms with Gasteiger partial charge in [-0.25, -0.2) is 5.43 Å². The maximum Gasteiger partial charge on any atom is 0.259 e. The fraction of sp³-hybridized carbons (Fsp3) is 0.211. The van der Waals surface area contributed by atoms with E-state index in [-0.39, 0.29) is 18.4 Å². The van der Waals surface area contributed by atoms with Crippen LogP contribution in [-0.2, 0) is 9.59 Å². The molecule has 0 radical (unpaired) electrons. The second-order valence-corrected chi connectivity index (χ2v) is 5.28. The Morgan fingerprint density at radius 2 is 1.96 bits per heavy atom. The summed E-state index contributed by atoms with van der Waals surface area (Å²) in [4.78, 5) is 23.5. The molecule has 0 atom stereocenters. The molecule has 0 aliphatic heterocycles. The number of hydrogen-bond donors (Lipinski definition) is 2. The van der Waals surface area contributed by atoms with Crippen LogP contribution in [0.2, 0.25) is 0 Å². The normalized spacial score (nSPS) is 11.5. The van der Waals surface area contributed by atoms with Crippen molar-refractivity contribution in [3.63, 3.8) is 0 Å². The number of nitrogens with zero attached hydrogens (tertiary/aromatic N) is 1. The SMILES string of the molecule is CCC/C(=N\NC(=O)CNC(=O)/C=C/c1ccco1)c1ccccc1. The van der Waals surface area contributed by atoms with Crippen LogP contribution in [0.5, 0.6) is 0 Å². The first-order valence-corrected chi connectivity index (χ1v) is 8.09. The number of nitrogens with one attached hydrogen (secondary N) is 2. The smallest absolute Gasteiger partial charge is 0.259 e. The Morgan fingerprint density at radius 1 is 1.16 bits per heavy atom. The third kappa shape index (κ3) is 6.47. The third-order valence-corrected chi connectivity index (χ3v) is 3.27. The number of carbonyl (C=O) groups is 2. The van der Waals surface area contributed by atoms with Crippen LogP contribution < -0.4 is 10.7 Å². The Bertz CT molecular complexity index is 735. The zero-order chi connectivity index (χ0) is 17.9. The Kier molecular flexibility index (Phi) is 7.18. The van der Waals surface area contributed by atoms with Gasteiger partial charge in [0, 0.05) is 6.08 Å². The lowest BCUT2D eigenvalue weighted by atomic mass is 10.1. The molecule has 2 rings (SSSR count). The molecule has 0 spiro atoms. The first-order chi connectivity index (χ1) is 12.2. The highest BCUT2D eigenvalue weighted by Gasteiger charge is 2.05. The predicted octanol–water partition coefficient (Wildman–Crippen LogP) is 2.73. The van der Waals surface area contributed by atoms with E-state index < -0.39 is 0 Å². The minimum Gasteiger partial charge on any atom is -0.465 e. The van der Waals surface area contributed by atoms with E-state index in [0.717, 1.165) is 24.1 Å². The van der Waals surface area contributed by atoms with Crippen molar-refractivity contribution in [3.05, 3.63) is 66.1 Å². The number of amides is 2. The lowest BCUT2D eigenvalue weighted by Crippen LogP contribution is -2.34. The maximum atomic E-state index is 11.8. The summed E-state index contributed by atoms with van der Waals surface area (Å²) in [6.07, 6.45) is 6.02. The molecule has 0 saturated carbocycles. The van der Waals surface area contributed by atoms with Gasteiger partial charge >= 0.3 is 0 Å². The summed E-state index contributed by atoms with van der Waals surface area (Å²) in [5, 5.41) is 6.67. The van der Waals surface area contributed by atoms with Crippen molar-refractivity contribution >= 4 is 23.6 Å². The molecule has 1 aromatic carbocycles. The van der Waals surface area contributed by atoms with Gasteiger partial charge in [-0.3, -0.25) is 9.59 Å². The Labute approximate surface area is 146 Å². The maximum absolute atomic E-state index is 11.8. The minimum absolute atomic E-state index is 0.154. The van der Waals surface area contributed by atoms with E-state index in [4.69, 9.17) is 4.42 Å². The molecule has 6 heteroatoms. The molecule has 1 heterocycles. The number of carbonyl (C=O) groups excluding carboxylic acids is 2. The topological polar surface area (TPSA) is 83.7 Å². The average molecular weight is 339 g/mol. The lowest BCUT2D eigenvalue weighted by Gasteiger charge is -2.06. The molecule has 2 amide bonds. The van der Waals surface area contributed by atoms with Crippen molar-refractivity contribution in [1.82, 2.24) is 10.7 Å². The van der Waals surface area contributed by atoms with E-state index in [1.807, 2.05) is 37.3 Å². The average Bonchev–Trinajstić information content (AvgIpc) is 3.16. The van der Waals surface area contributed by atoms with Crippen LogP contribution in [0.4, 0.5) is 0 Å². The van der Waals surface area contributed by atoms with Crippen LogP contribution in [-0.4, -0.2) is 24.1 Å². The second kappa shape index (κ2) is 9.87. The fourth-order valence-electron chi connectivity index (χ4n) is 2.07. The van der Waals surface area contributed by atoms with Crippen LogP contribution in [0.25, 0.3) is 6.08 Å². The summed E-state index contributed by atoms with van der Waals surface area (Å²) < 4.78 is 5.08. The standard InChI is InChI=1S/C19H21N3O3/c1-2-7-17(15-8-4-3-5-9-15)21-22-19(24)14-20-18(23)12-11-16-10-6-13-25-16/h3-6,8-13H,2,7,14H2,1H3,(H,20,23)(H,22,24)/b12-11+,21-17+. The summed E-state index contributed by atoms with van der Waals surface area (Å²) in [5.41, 5.74) is 4.26. The minimum atomic E-state index is -0.385. The van der Waals surface area contributed by atoms with E-state index in [2.05, 4.69) is 15.8 Å².